The molecule has 170 valence electrons. The average molecular weight is 432 g/mol. The van der Waals surface area contributed by atoms with Crippen molar-refractivity contribution < 1.29 is 23.9 Å². The van der Waals surface area contributed by atoms with E-state index in [1.807, 2.05) is 19.9 Å². The molecule has 8 nitrogen and oxygen atoms in total. The highest BCUT2D eigenvalue weighted by molar-refractivity contribution is 6.06. The zero-order valence-corrected chi connectivity index (χ0v) is 19.0. The molecule has 0 fully saturated rings. The molecule has 1 aromatic rings. The SMILES string of the molecule is CC/C=C(\CC)C(=O)Nc1ccc(C(=N)NC(=O)OCCCC(=O)OC(C)(C)C)cc1. The molecule has 2 amide bonds. The molecule has 3 N–H and O–H groups in total. The molecule has 0 bridgehead atoms. The van der Waals surface area contributed by atoms with Gasteiger partial charge in [0.05, 0.1) is 6.61 Å². The largest absolute Gasteiger partial charge is 0.460 e. The van der Waals surface area contributed by atoms with E-state index in [1.54, 1.807) is 45.0 Å². The molecule has 0 unspecified atom stereocenters. The van der Waals surface area contributed by atoms with Gasteiger partial charge in [0.15, 0.2) is 0 Å². The summed E-state index contributed by atoms with van der Waals surface area (Å²) in [7, 11) is 0. The fourth-order valence-electron chi connectivity index (χ4n) is 2.56. The maximum Gasteiger partial charge on any atom is 0.412 e. The summed E-state index contributed by atoms with van der Waals surface area (Å²) < 4.78 is 10.2. The summed E-state index contributed by atoms with van der Waals surface area (Å²) in [6.07, 6.45) is 3.02. The lowest BCUT2D eigenvalue weighted by atomic mass is 10.1. The van der Waals surface area contributed by atoms with Gasteiger partial charge in [-0.3, -0.25) is 20.3 Å². The van der Waals surface area contributed by atoms with Gasteiger partial charge in [-0.2, -0.15) is 0 Å². The van der Waals surface area contributed by atoms with Gasteiger partial charge in [0.25, 0.3) is 5.91 Å². The Labute approximate surface area is 183 Å². The van der Waals surface area contributed by atoms with Crippen LogP contribution in [0.25, 0.3) is 0 Å². The van der Waals surface area contributed by atoms with Crippen LogP contribution in [0.4, 0.5) is 10.5 Å². The van der Waals surface area contributed by atoms with Crippen molar-refractivity contribution in [1.82, 2.24) is 5.32 Å². The topological polar surface area (TPSA) is 118 Å². The highest BCUT2D eigenvalue weighted by Gasteiger charge is 2.16. The number of carbonyl (C=O) groups is 3. The lowest BCUT2D eigenvalue weighted by Gasteiger charge is -2.19. The summed E-state index contributed by atoms with van der Waals surface area (Å²) in [5, 5.41) is 13.1. The van der Waals surface area contributed by atoms with Crippen LogP contribution in [0.15, 0.2) is 35.9 Å². The van der Waals surface area contributed by atoms with Crippen LogP contribution in [0.2, 0.25) is 0 Å². The second kappa shape index (κ2) is 12.5. The number of hydrogen-bond acceptors (Lipinski definition) is 6. The molecule has 0 saturated heterocycles. The smallest absolute Gasteiger partial charge is 0.412 e. The van der Waals surface area contributed by atoms with E-state index in [0.717, 1.165) is 12.0 Å². The lowest BCUT2D eigenvalue weighted by molar-refractivity contribution is -0.155. The molecule has 31 heavy (non-hydrogen) atoms. The number of rotatable bonds is 9. The van der Waals surface area contributed by atoms with Crippen LogP contribution in [0, 0.1) is 5.41 Å². The summed E-state index contributed by atoms with van der Waals surface area (Å²) in [6.45, 7) is 9.29. The number of amidine groups is 1. The number of alkyl carbamates (subject to hydrolysis) is 1. The Kier molecular flexibility index (Phi) is 10.4. The Morgan fingerprint density at radius 3 is 2.29 bits per heavy atom. The zero-order chi connectivity index (χ0) is 23.4. The van der Waals surface area contributed by atoms with E-state index < -0.39 is 11.7 Å². The number of hydrogen-bond donors (Lipinski definition) is 3. The fraction of sp³-hybridized carbons (Fsp3) is 0.478. The van der Waals surface area contributed by atoms with Crippen LogP contribution in [0.1, 0.15) is 65.9 Å². The molecule has 0 saturated carbocycles. The third-order valence-electron chi connectivity index (χ3n) is 3.96. The van der Waals surface area contributed by atoms with Crippen LogP contribution in [0.5, 0.6) is 0 Å². The van der Waals surface area contributed by atoms with Crippen molar-refractivity contribution in [2.24, 2.45) is 0 Å². The molecule has 0 spiro atoms. The molecule has 0 aromatic heterocycles. The molecule has 0 heterocycles. The van der Waals surface area contributed by atoms with Crippen LogP contribution in [-0.4, -0.2) is 36.0 Å². The standard InChI is InChI=1S/C23H33N3O5/c1-6-9-16(7-2)21(28)25-18-13-11-17(12-14-18)20(24)26-22(29)30-15-8-10-19(27)31-23(3,4)5/h9,11-14H,6-8,10,15H2,1-5H3,(H,25,28)(H2,24,26,29)/b16-9+. The highest BCUT2D eigenvalue weighted by atomic mass is 16.6. The van der Waals surface area contributed by atoms with E-state index in [2.05, 4.69) is 10.6 Å². The minimum Gasteiger partial charge on any atom is -0.460 e. The van der Waals surface area contributed by atoms with Gasteiger partial charge in [-0.15, -0.1) is 0 Å². The van der Waals surface area contributed by atoms with Crippen molar-refractivity contribution in [2.45, 2.75) is 65.9 Å². The van der Waals surface area contributed by atoms with Crippen LogP contribution < -0.4 is 10.6 Å². The van der Waals surface area contributed by atoms with Gasteiger partial charge in [0, 0.05) is 23.2 Å². The van der Waals surface area contributed by atoms with E-state index in [1.165, 1.54) is 0 Å². The molecular formula is C23H33N3O5. The number of allylic oxidation sites excluding steroid dienone is 1. The summed E-state index contributed by atoms with van der Waals surface area (Å²) >= 11 is 0. The van der Waals surface area contributed by atoms with E-state index in [4.69, 9.17) is 14.9 Å². The summed E-state index contributed by atoms with van der Waals surface area (Å²) in [5.41, 5.74) is 1.23. The predicted molar refractivity (Wildman–Crippen MR) is 120 cm³/mol. The highest BCUT2D eigenvalue weighted by Crippen LogP contribution is 2.13. The summed E-state index contributed by atoms with van der Waals surface area (Å²) in [5.74, 6) is -0.636. The number of benzene rings is 1. The predicted octanol–water partition coefficient (Wildman–Crippen LogP) is 4.54. The number of ether oxygens (including phenoxy) is 2. The van der Waals surface area contributed by atoms with Crippen LogP contribution in [0.3, 0.4) is 0 Å². The minimum absolute atomic E-state index is 0.0361. The minimum atomic E-state index is -0.774. The maximum absolute atomic E-state index is 12.2. The fourth-order valence-corrected chi connectivity index (χ4v) is 2.56. The van der Waals surface area contributed by atoms with Gasteiger partial charge in [0.2, 0.25) is 0 Å². The molecule has 8 heteroatoms. The second-order valence-electron chi connectivity index (χ2n) is 7.85. The lowest BCUT2D eigenvalue weighted by Crippen LogP contribution is -2.31. The number of nitrogens with one attached hydrogen (secondary N) is 3. The molecule has 0 radical (unpaired) electrons. The van der Waals surface area contributed by atoms with Crippen molar-refractivity contribution in [3.63, 3.8) is 0 Å². The Hall–Kier alpha value is -3.16. The van der Waals surface area contributed by atoms with Crippen molar-refractivity contribution in [3.8, 4) is 0 Å². The summed E-state index contributed by atoms with van der Waals surface area (Å²) in [4.78, 5) is 35.6. The van der Waals surface area contributed by atoms with E-state index in [9.17, 15) is 14.4 Å². The number of amides is 2. The van der Waals surface area contributed by atoms with Gasteiger partial charge in [-0.05, 0) is 64.3 Å². The third-order valence-corrected chi connectivity index (χ3v) is 3.96. The number of esters is 1. The molecule has 1 rings (SSSR count). The van der Waals surface area contributed by atoms with Crippen LogP contribution >= 0.6 is 0 Å². The van der Waals surface area contributed by atoms with Gasteiger partial charge >= 0.3 is 12.1 Å². The summed E-state index contributed by atoms with van der Waals surface area (Å²) in [6, 6.07) is 6.56. The first-order valence-electron chi connectivity index (χ1n) is 10.4. The Morgan fingerprint density at radius 2 is 1.74 bits per heavy atom. The molecular weight excluding hydrogens is 398 g/mol. The quantitative estimate of drug-likeness (QED) is 0.174. The Morgan fingerprint density at radius 1 is 1.10 bits per heavy atom. The molecule has 1 aromatic carbocycles. The Bertz CT molecular complexity index is 807. The first-order chi connectivity index (χ1) is 14.6. The zero-order valence-electron chi connectivity index (χ0n) is 19.0. The molecule has 0 aliphatic heterocycles. The van der Waals surface area contributed by atoms with Gasteiger partial charge in [0.1, 0.15) is 11.4 Å². The van der Waals surface area contributed by atoms with Crippen molar-refractivity contribution in [2.75, 3.05) is 11.9 Å². The normalized spacial score (nSPS) is 11.5. The van der Waals surface area contributed by atoms with E-state index in [0.29, 0.717) is 24.1 Å². The molecule has 0 aliphatic rings. The van der Waals surface area contributed by atoms with Gasteiger partial charge < -0.3 is 14.8 Å². The van der Waals surface area contributed by atoms with E-state index in [-0.39, 0.29) is 30.7 Å². The van der Waals surface area contributed by atoms with E-state index >= 15 is 0 Å². The maximum atomic E-state index is 12.2. The van der Waals surface area contributed by atoms with Crippen molar-refractivity contribution in [1.29, 1.82) is 5.41 Å². The van der Waals surface area contributed by atoms with Crippen LogP contribution in [-0.2, 0) is 19.1 Å². The molecule has 0 aliphatic carbocycles. The monoisotopic (exact) mass is 431 g/mol. The molecule has 0 atom stereocenters. The number of anilines is 1. The Balaban J connectivity index is 2.45. The number of carbonyl (C=O) groups excluding carboxylic acids is 3. The third kappa shape index (κ3) is 10.4. The van der Waals surface area contributed by atoms with Crippen molar-refractivity contribution in [3.05, 3.63) is 41.5 Å². The first-order valence-corrected chi connectivity index (χ1v) is 10.4. The van der Waals surface area contributed by atoms with Gasteiger partial charge in [-0.25, -0.2) is 4.79 Å². The average Bonchev–Trinajstić information content (AvgIpc) is 2.68. The first kappa shape index (κ1) is 25.9. The van der Waals surface area contributed by atoms with Gasteiger partial charge in [-0.1, -0.05) is 19.9 Å². The van der Waals surface area contributed by atoms with Crippen molar-refractivity contribution >= 4 is 29.5 Å². The second-order valence-corrected chi connectivity index (χ2v) is 7.85.